The molecular formula is C10H18N2O2. The van der Waals surface area contributed by atoms with Crippen molar-refractivity contribution in [2.24, 2.45) is 0 Å². The van der Waals surface area contributed by atoms with E-state index in [2.05, 4.69) is 5.32 Å². The Labute approximate surface area is 84.6 Å². The first-order valence-corrected chi connectivity index (χ1v) is 5.36. The van der Waals surface area contributed by atoms with E-state index in [9.17, 15) is 4.79 Å². The number of methoxy groups -OCH3 is 1. The molecule has 2 fully saturated rings. The molecule has 0 aromatic rings. The molecule has 14 heavy (non-hydrogen) atoms. The second-order valence-corrected chi connectivity index (χ2v) is 4.10. The van der Waals surface area contributed by atoms with Crippen LogP contribution in [-0.4, -0.2) is 49.7 Å². The first kappa shape index (κ1) is 9.93. The van der Waals surface area contributed by atoms with E-state index < -0.39 is 0 Å². The number of carbonyl (C=O) groups is 1. The molecule has 2 aliphatic heterocycles. The Hall–Kier alpha value is -0.610. The fourth-order valence-corrected chi connectivity index (χ4v) is 2.05. The zero-order valence-corrected chi connectivity index (χ0v) is 8.66. The van der Waals surface area contributed by atoms with E-state index in [4.69, 9.17) is 4.74 Å². The molecule has 0 radical (unpaired) electrons. The molecule has 0 aromatic carbocycles. The summed E-state index contributed by atoms with van der Waals surface area (Å²) in [6.45, 7) is 2.53. The summed E-state index contributed by atoms with van der Waals surface area (Å²) >= 11 is 0. The molecular weight excluding hydrogens is 180 g/mol. The first-order valence-electron chi connectivity index (χ1n) is 5.36. The van der Waals surface area contributed by atoms with E-state index in [0.29, 0.717) is 0 Å². The summed E-state index contributed by atoms with van der Waals surface area (Å²) in [5.74, 6) is 0.262. The molecule has 2 heterocycles. The fourth-order valence-electron chi connectivity index (χ4n) is 2.05. The minimum atomic E-state index is 0.0709. The van der Waals surface area contributed by atoms with Crippen molar-refractivity contribution in [1.82, 2.24) is 10.2 Å². The van der Waals surface area contributed by atoms with Crippen LogP contribution in [0.2, 0.25) is 0 Å². The van der Waals surface area contributed by atoms with Gasteiger partial charge in [-0.1, -0.05) is 6.42 Å². The smallest absolute Gasteiger partial charge is 0.239 e. The van der Waals surface area contributed by atoms with E-state index in [1.165, 1.54) is 12.8 Å². The maximum Gasteiger partial charge on any atom is 0.239 e. The SMILES string of the molecule is COC1CN(C(=O)[C@H]2CCCCN2)C1. The quantitative estimate of drug-likeness (QED) is 0.678. The predicted octanol–water partition coefficient (Wildman–Crippen LogP) is -0.0143. The lowest BCUT2D eigenvalue weighted by atomic mass is 10.0. The van der Waals surface area contributed by atoms with Crippen molar-refractivity contribution < 1.29 is 9.53 Å². The van der Waals surface area contributed by atoms with Crippen molar-refractivity contribution in [3.63, 3.8) is 0 Å². The molecule has 0 aliphatic carbocycles. The number of hydrogen-bond acceptors (Lipinski definition) is 3. The highest BCUT2D eigenvalue weighted by Crippen LogP contribution is 2.16. The predicted molar refractivity (Wildman–Crippen MR) is 53.0 cm³/mol. The van der Waals surface area contributed by atoms with E-state index in [1.54, 1.807) is 7.11 Å². The maximum absolute atomic E-state index is 11.8. The topological polar surface area (TPSA) is 41.6 Å². The summed E-state index contributed by atoms with van der Waals surface area (Å²) in [6.07, 6.45) is 3.63. The second kappa shape index (κ2) is 4.28. The van der Waals surface area contributed by atoms with Crippen LogP contribution in [0.15, 0.2) is 0 Å². The van der Waals surface area contributed by atoms with Gasteiger partial charge in [0.25, 0.3) is 0 Å². The standard InChI is InChI=1S/C10H18N2O2/c1-14-8-6-12(7-8)10(13)9-4-2-3-5-11-9/h8-9,11H,2-7H2,1H3/t9-/m1/s1. The van der Waals surface area contributed by atoms with E-state index in [1.807, 2.05) is 4.90 Å². The summed E-state index contributed by atoms with van der Waals surface area (Å²) < 4.78 is 5.14. The van der Waals surface area contributed by atoms with Crippen LogP contribution in [0.4, 0.5) is 0 Å². The summed E-state index contributed by atoms with van der Waals surface area (Å²) in [5, 5.41) is 3.27. The number of amides is 1. The van der Waals surface area contributed by atoms with Crippen LogP contribution in [0.5, 0.6) is 0 Å². The lowest BCUT2D eigenvalue weighted by Gasteiger charge is -2.40. The molecule has 0 bridgehead atoms. The van der Waals surface area contributed by atoms with Crippen molar-refractivity contribution in [2.45, 2.75) is 31.4 Å². The van der Waals surface area contributed by atoms with Crippen LogP contribution in [-0.2, 0) is 9.53 Å². The molecule has 2 saturated heterocycles. The van der Waals surface area contributed by atoms with Crippen LogP contribution in [0, 0.1) is 0 Å². The third kappa shape index (κ3) is 1.91. The minimum absolute atomic E-state index is 0.0709. The summed E-state index contributed by atoms with van der Waals surface area (Å²) in [6, 6.07) is 0.0709. The van der Waals surface area contributed by atoms with Crippen molar-refractivity contribution in [2.75, 3.05) is 26.7 Å². The molecule has 1 N–H and O–H groups in total. The average Bonchev–Trinajstić information content (AvgIpc) is 2.17. The van der Waals surface area contributed by atoms with Gasteiger partial charge in [-0.15, -0.1) is 0 Å². The lowest BCUT2D eigenvalue weighted by Crippen LogP contribution is -2.59. The fraction of sp³-hybridized carbons (Fsp3) is 0.900. The van der Waals surface area contributed by atoms with Crippen molar-refractivity contribution in [3.05, 3.63) is 0 Å². The number of ether oxygens (including phenoxy) is 1. The molecule has 4 heteroatoms. The van der Waals surface area contributed by atoms with Gasteiger partial charge in [-0.3, -0.25) is 4.79 Å². The van der Waals surface area contributed by atoms with Gasteiger partial charge in [0.2, 0.25) is 5.91 Å². The Bertz CT molecular complexity index is 208. The van der Waals surface area contributed by atoms with Crippen molar-refractivity contribution in [1.29, 1.82) is 0 Å². The number of nitrogens with zero attached hydrogens (tertiary/aromatic N) is 1. The molecule has 0 unspecified atom stereocenters. The Morgan fingerprint density at radius 1 is 1.43 bits per heavy atom. The van der Waals surface area contributed by atoms with Crippen molar-refractivity contribution >= 4 is 5.91 Å². The Morgan fingerprint density at radius 2 is 2.21 bits per heavy atom. The Balaban J connectivity index is 1.78. The lowest BCUT2D eigenvalue weighted by molar-refractivity contribution is -0.145. The molecule has 2 aliphatic rings. The summed E-state index contributed by atoms with van der Waals surface area (Å²) in [7, 11) is 1.70. The van der Waals surface area contributed by atoms with Gasteiger partial charge in [0.15, 0.2) is 0 Å². The molecule has 1 atom stereocenters. The molecule has 0 saturated carbocycles. The number of piperidine rings is 1. The van der Waals surface area contributed by atoms with Crippen LogP contribution in [0.3, 0.4) is 0 Å². The molecule has 80 valence electrons. The third-order valence-corrected chi connectivity index (χ3v) is 3.10. The number of likely N-dealkylation sites (tertiary alicyclic amines) is 1. The first-order chi connectivity index (χ1) is 6.81. The molecule has 2 rings (SSSR count). The maximum atomic E-state index is 11.8. The van der Waals surface area contributed by atoms with Gasteiger partial charge in [0.05, 0.1) is 12.1 Å². The molecule has 0 aromatic heterocycles. The Kier molecular flexibility index (Phi) is 3.03. The van der Waals surface area contributed by atoms with Gasteiger partial charge in [0.1, 0.15) is 0 Å². The van der Waals surface area contributed by atoms with Crippen LogP contribution in [0.25, 0.3) is 0 Å². The van der Waals surface area contributed by atoms with E-state index in [0.717, 1.165) is 26.1 Å². The number of hydrogen-bond donors (Lipinski definition) is 1. The normalized spacial score (nSPS) is 28.6. The summed E-state index contributed by atoms with van der Waals surface area (Å²) in [5.41, 5.74) is 0. The van der Waals surface area contributed by atoms with Crippen LogP contribution < -0.4 is 5.32 Å². The van der Waals surface area contributed by atoms with Crippen LogP contribution in [0.1, 0.15) is 19.3 Å². The van der Waals surface area contributed by atoms with Gasteiger partial charge in [-0.25, -0.2) is 0 Å². The van der Waals surface area contributed by atoms with Gasteiger partial charge in [0, 0.05) is 20.2 Å². The number of carbonyl (C=O) groups excluding carboxylic acids is 1. The zero-order chi connectivity index (χ0) is 9.97. The highest BCUT2D eigenvalue weighted by molar-refractivity contribution is 5.82. The van der Waals surface area contributed by atoms with Gasteiger partial charge in [-0.2, -0.15) is 0 Å². The van der Waals surface area contributed by atoms with Gasteiger partial charge >= 0.3 is 0 Å². The monoisotopic (exact) mass is 198 g/mol. The Morgan fingerprint density at radius 3 is 2.79 bits per heavy atom. The van der Waals surface area contributed by atoms with Gasteiger partial charge < -0.3 is 15.0 Å². The zero-order valence-electron chi connectivity index (χ0n) is 8.66. The van der Waals surface area contributed by atoms with Gasteiger partial charge in [-0.05, 0) is 19.4 Å². The summed E-state index contributed by atoms with van der Waals surface area (Å²) in [4.78, 5) is 13.7. The molecule has 1 amide bonds. The van der Waals surface area contributed by atoms with Crippen LogP contribution >= 0.6 is 0 Å². The highest BCUT2D eigenvalue weighted by Gasteiger charge is 2.34. The number of nitrogens with one attached hydrogen (secondary N) is 1. The molecule has 0 spiro atoms. The average molecular weight is 198 g/mol. The minimum Gasteiger partial charge on any atom is -0.378 e. The van der Waals surface area contributed by atoms with E-state index >= 15 is 0 Å². The largest absolute Gasteiger partial charge is 0.378 e. The van der Waals surface area contributed by atoms with Crippen molar-refractivity contribution in [3.8, 4) is 0 Å². The second-order valence-electron chi connectivity index (χ2n) is 4.10. The number of rotatable bonds is 2. The highest BCUT2D eigenvalue weighted by atomic mass is 16.5. The third-order valence-electron chi connectivity index (χ3n) is 3.10. The van der Waals surface area contributed by atoms with E-state index in [-0.39, 0.29) is 18.1 Å². The molecule has 4 nitrogen and oxygen atoms in total.